The van der Waals surface area contributed by atoms with Crippen LogP contribution in [0.25, 0.3) is 0 Å². The van der Waals surface area contributed by atoms with Gasteiger partial charge < -0.3 is 9.47 Å². The average molecular weight is 407 g/mol. The fourth-order valence-corrected chi connectivity index (χ4v) is 1.39. The molecule has 0 aliphatic heterocycles. The first-order chi connectivity index (χ1) is 12.9. The van der Waals surface area contributed by atoms with Gasteiger partial charge in [0.1, 0.15) is 11.2 Å². The van der Waals surface area contributed by atoms with Gasteiger partial charge in [0.15, 0.2) is 0 Å². The first-order valence-corrected chi connectivity index (χ1v) is 9.93. The second kappa shape index (κ2) is 12.8. The molecule has 0 rings (SSSR count). The zero-order valence-electron chi connectivity index (χ0n) is 18.7. The summed E-state index contributed by atoms with van der Waals surface area (Å²) in [4.78, 5) is 42.4. The molecule has 8 nitrogen and oxygen atoms in total. The van der Waals surface area contributed by atoms with Gasteiger partial charge in [0, 0.05) is 0 Å². The SMILES string of the molecule is CC(C)C(C)(C)OOC(=O)OCCCCCCOC(=O)OOC(C)(C)C(C)C. The predicted molar refractivity (Wildman–Crippen MR) is 103 cm³/mol. The summed E-state index contributed by atoms with van der Waals surface area (Å²) >= 11 is 0. The van der Waals surface area contributed by atoms with Gasteiger partial charge in [0.05, 0.1) is 13.2 Å². The lowest BCUT2D eigenvalue weighted by atomic mass is 9.95. The average Bonchev–Trinajstić information content (AvgIpc) is 2.60. The smallest absolute Gasteiger partial charge is 0.432 e. The molecule has 0 N–H and O–H groups in total. The van der Waals surface area contributed by atoms with Crippen LogP contribution in [0.2, 0.25) is 0 Å². The lowest BCUT2D eigenvalue weighted by Crippen LogP contribution is -2.32. The molecule has 0 fully saturated rings. The van der Waals surface area contributed by atoms with Crippen molar-refractivity contribution in [2.75, 3.05) is 13.2 Å². The highest BCUT2D eigenvalue weighted by atomic mass is 17.2. The topological polar surface area (TPSA) is 89.5 Å². The van der Waals surface area contributed by atoms with E-state index in [1.165, 1.54) is 0 Å². The quantitative estimate of drug-likeness (QED) is 0.169. The third-order valence-electron chi connectivity index (χ3n) is 4.91. The summed E-state index contributed by atoms with van der Waals surface area (Å²) in [6.07, 6.45) is 1.31. The van der Waals surface area contributed by atoms with Crippen LogP contribution in [0, 0.1) is 11.8 Å². The molecule has 0 heterocycles. The monoisotopic (exact) mass is 406 g/mol. The molecule has 0 bridgehead atoms. The minimum Gasteiger partial charge on any atom is -0.432 e. The number of hydrogen-bond acceptors (Lipinski definition) is 8. The standard InChI is InChI=1S/C20H38O8/c1-15(2)19(5,6)27-25-17(21)23-13-11-9-10-12-14-24-18(22)26-28-20(7,8)16(3)4/h15-16H,9-14H2,1-8H3. The Labute approximate surface area is 169 Å². The van der Waals surface area contributed by atoms with Gasteiger partial charge in [-0.25, -0.2) is 9.59 Å². The number of carbonyl (C=O) groups excluding carboxylic acids is 2. The molecule has 0 amide bonds. The van der Waals surface area contributed by atoms with Gasteiger partial charge in [-0.15, -0.1) is 0 Å². The summed E-state index contributed by atoms with van der Waals surface area (Å²) in [5, 5.41) is 0. The van der Waals surface area contributed by atoms with E-state index < -0.39 is 23.5 Å². The second-order valence-electron chi connectivity index (χ2n) is 8.46. The summed E-state index contributed by atoms with van der Waals surface area (Å²) in [5.74, 6) is 0.376. The van der Waals surface area contributed by atoms with E-state index in [1.54, 1.807) is 0 Å². The summed E-state index contributed by atoms with van der Waals surface area (Å²) in [6, 6.07) is 0. The van der Waals surface area contributed by atoms with E-state index in [2.05, 4.69) is 9.78 Å². The van der Waals surface area contributed by atoms with Crippen molar-refractivity contribution in [3.8, 4) is 0 Å². The van der Waals surface area contributed by atoms with Crippen molar-refractivity contribution in [3.63, 3.8) is 0 Å². The Morgan fingerprint density at radius 2 is 0.964 bits per heavy atom. The summed E-state index contributed by atoms with van der Waals surface area (Å²) in [5.41, 5.74) is -1.15. The third-order valence-corrected chi connectivity index (χ3v) is 4.91. The minimum atomic E-state index is -0.843. The Balaban J connectivity index is 3.62. The summed E-state index contributed by atoms with van der Waals surface area (Å²) in [6.45, 7) is 15.7. The van der Waals surface area contributed by atoms with Crippen LogP contribution >= 0.6 is 0 Å². The van der Waals surface area contributed by atoms with Crippen molar-refractivity contribution >= 4 is 12.3 Å². The number of unbranched alkanes of at least 4 members (excludes halogenated alkanes) is 3. The molecule has 166 valence electrons. The zero-order valence-corrected chi connectivity index (χ0v) is 18.7. The van der Waals surface area contributed by atoms with E-state index in [4.69, 9.17) is 19.2 Å². The highest BCUT2D eigenvalue weighted by Crippen LogP contribution is 2.21. The van der Waals surface area contributed by atoms with Crippen molar-refractivity contribution < 1.29 is 38.6 Å². The van der Waals surface area contributed by atoms with Crippen molar-refractivity contribution in [1.82, 2.24) is 0 Å². The summed E-state index contributed by atoms with van der Waals surface area (Å²) in [7, 11) is 0. The Morgan fingerprint density at radius 3 is 1.25 bits per heavy atom. The maximum atomic E-state index is 11.4. The van der Waals surface area contributed by atoms with Crippen LogP contribution in [0.5, 0.6) is 0 Å². The molecule has 0 spiro atoms. The predicted octanol–water partition coefficient (Wildman–Crippen LogP) is 5.59. The number of ether oxygens (including phenoxy) is 2. The van der Waals surface area contributed by atoms with E-state index >= 15 is 0 Å². The Morgan fingerprint density at radius 1 is 0.643 bits per heavy atom. The van der Waals surface area contributed by atoms with Crippen LogP contribution in [-0.2, 0) is 29.0 Å². The highest BCUT2D eigenvalue weighted by Gasteiger charge is 2.27. The van der Waals surface area contributed by atoms with Gasteiger partial charge in [-0.05, 0) is 65.2 Å². The molecule has 0 saturated heterocycles. The number of carbonyl (C=O) groups is 2. The van der Waals surface area contributed by atoms with E-state index in [0.717, 1.165) is 12.8 Å². The second-order valence-corrected chi connectivity index (χ2v) is 8.46. The van der Waals surface area contributed by atoms with Crippen LogP contribution in [-0.4, -0.2) is 36.7 Å². The van der Waals surface area contributed by atoms with Gasteiger partial charge in [-0.2, -0.15) is 9.78 Å². The van der Waals surface area contributed by atoms with E-state index in [9.17, 15) is 9.59 Å². The van der Waals surface area contributed by atoms with Crippen molar-refractivity contribution in [1.29, 1.82) is 0 Å². The fourth-order valence-electron chi connectivity index (χ4n) is 1.39. The molecular formula is C20H38O8. The van der Waals surface area contributed by atoms with Crippen LogP contribution < -0.4 is 0 Å². The largest absolute Gasteiger partial charge is 0.540 e. The van der Waals surface area contributed by atoms with Crippen molar-refractivity contribution in [2.45, 2.75) is 92.3 Å². The van der Waals surface area contributed by atoms with Gasteiger partial charge in [0.25, 0.3) is 0 Å². The first kappa shape index (κ1) is 26.5. The van der Waals surface area contributed by atoms with Gasteiger partial charge in [0.2, 0.25) is 0 Å². The molecule has 0 aromatic carbocycles. The lowest BCUT2D eigenvalue weighted by molar-refractivity contribution is -0.327. The molecule has 0 unspecified atom stereocenters. The van der Waals surface area contributed by atoms with Crippen molar-refractivity contribution in [2.24, 2.45) is 11.8 Å². The first-order valence-electron chi connectivity index (χ1n) is 9.93. The lowest BCUT2D eigenvalue weighted by Gasteiger charge is -2.26. The van der Waals surface area contributed by atoms with Crippen LogP contribution in [0.15, 0.2) is 0 Å². The molecule has 0 radical (unpaired) electrons. The minimum absolute atomic E-state index is 0.188. The van der Waals surface area contributed by atoms with Crippen LogP contribution in [0.1, 0.15) is 81.1 Å². The Kier molecular flexibility index (Phi) is 12.1. The molecule has 0 aliphatic carbocycles. The molecule has 0 saturated carbocycles. The maximum Gasteiger partial charge on any atom is 0.540 e. The molecule has 28 heavy (non-hydrogen) atoms. The van der Waals surface area contributed by atoms with Crippen molar-refractivity contribution in [3.05, 3.63) is 0 Å². The maximum absolute atomic E-state index is 11.4. The zero-order chi connectivity index (χ0) is 21.8. The molecule has 0 aliphatic rings. The van der Waals surface area contributed by atoms with Gasteiger partial charge in [-0.1, -0.05) is 27.7 Å². The third kappa shape index (κ3) is 12.0. The Hall–Kier alpha value is -1.54. The van der Waals surface area contributed by atoms with E-state index in [1.807, 2.05) is 55.4 Å². The summed E-state index contributed by atoms with van der Waals surface area (Å²) < 4.78 is 9.87. The molecule has 0 aromatic heterocycles. The van der Waals surface area contributed by atoms with Crippen LogP contribution in [0.3, 0.4) is 0 Å². The van der Waals surface area contributed by atoms with E-state index in [0.29, 0.717) is 12.8 Å². The molecular weight excluding hydrogens is 368 g/mol. The highest BCUT2D eigenvalue weighted by molar-refractivity contribution is 5.59. The van der Waals surface area contributed by atoms with Crippen LogP contribution in [0.4, 0.5) is 9.59 Å². The molecule has 0 aromatic rings. The molecule has 0 atom stereocenters. The normalized spacial score (nSPS) is 12.2. The van der Waals surface area contributed by atoms with E-state index in [-0.39, 0.29) is 25.0 Å². The molecule has 8 heteroatoms. The number of hydrogen-bond donors (Lipinski definition) is 0. The van der Waals surface area contributed by atoms with Gasteiger partial charge in [-0.3, -0.25) is 9.78 Å². The van der Waals surface area contributed by atoms with Gasteiger partial charge >= 0.3 is 12.3 Å². The Bertz CT molecular complexity index is 415. The fraction of sp³-hybridized carbons (Fsp3) is 0.900. The number of rotatable bonds is 13.